The summed E-state index contributed by atoms with van der Waals surface area (Å²) < 4.78 is 29.1. The molecule has 5 heteroatoms. The molecule has 0 aromatic heterocycles. The fourth-order valence-electron chi connectivity index (χ4n) is 3.29. The third-order valence-corrected chi connectivity index (χ3v) is 6.37. The zero-order valence-electron chi connectivity index (χ0n) is 13.3. The molecule has 1 unspecified atom stereocenters. The number of nitrogens with one attached hydrogen (secondary N) is 1. The van der Waals surface area contributed by atoms with E-state index in [1.165, 1.54) is 19.3 Å². The number of rotatable bonds is 9. The molecule has 1 aliphatic carbocycles. The minimum atomic E-state index is -2.86. The summed E-state index contributed by atoms with van der Waals surface area (Å²) in [5.74, 6) is 0.541. The first-order chi connectivity index (χ1) is 9.49. The van der Waals surface area contributed by atoms with Gasteiger partial charge >= 0.3 is 0 Å². The van der Waals surface area contributed by atoms with Crippen molar-refractivity contribution in [1.29, 1.82) is 0 Å². The van der Waals surface area contributed by atoms with Gasteiger partial charge in [-0.3, -0.25) is 0 Å². The lowest BCUT2D eigenvalue weighted by atomic mass is 9.77. The molecule has 1 rings (SSSR count). The standard InChI is InChI=1S/C15H31NO3S/c1-4-16-14(10-9-13-20(17,18)5-2)15(19-3)11-7-6-8-12-15/h14,16H,4-13H2,1-3H3. The van der Waals surface area contributed by atoms with Crippen molar-refractivity contribution in [3.63, 3.8) is 0 Å². The summed E-state index contributed by atoms with van der Waals surface area (Å²) in [4.78, 5) is 0. The quantitative estimate of drug-likeness (QED) is 0.711. The molecule has 0 aromatic rings. The van der Waals surface area contributed by atoms with Gasteiger partial charge < -0.3 is 10.1 Å². The molecule has 0 saturated heterocycles. The van der Waals surface area contributed by atoms with Crippen molar-refractivity contribution in [3.8, 4) is 0 Å². The van der Waals surface area contributed by atoms with Crippen molar-refractivity contribution in [2.24, 2.45) is 0 Å². The fraction of sp³-hybridized carbons (Fsp3) is 1.00. The van der Waals surface area contributed by atoms with Gasteiger partial charge in [-0.1, -0.05) is 33.1 Å². The van der Waals surface area contributed by atoms with E-state index in [9.17, 15) is 8.42 Å². The van der Waals surface area contributed by atoms with Gasteiger partial charge in [-0.2, -0.15) is 0 Å². The van der Waals surface area contributed by atoms with Crippen LogP contribution in [0.3, 0.4) is 0 Å². The Morgan fingerprint density at radius 1 is 1.20 bits per heavy atom. The molecule has 1 aliphatic rings. The highest BCUT2D eigenvalue weighted by atomic mass is 32.2. The van der Waals surface area contributed by atoms with Crippen LogP contribution >= 0.6 is 0 Å². The maximum atomic E-state index is 11.6. The predicted octanol–water partition coefficient (Wildman–Crippen LogP) is 2.53. The molecular formula is C15H31NO3S. The van der Waals surface area contributed by atoms with Crippen molar-refractivity contribution >= 4 is 9.84 Å². The summed E-state index contributed by atoms with van der Waals surface area (Å²) >= 11 is 0. The number of sulfone groups is 1. The van der Waals surface area contributed by atoms with Crippen molar-refractivity contribution in [3.05, 3.63) is 0 Å². The summed E-state index contributed by atoms with van der Waals surface area (Å²) in [6, 6.07) is 0.268. The van der Waals surface area contributed by atoms with Crippen LogP contribution < -0.4 is 5.32 Å². The van der Waals surface area contributed by atoms with Crippen LogP contribution in [-0.2, 0) is 14.6 Å². The average Bonchev–Trinajstić information content (AvgIpc) is 2.47. The van der Waals surface area contributed by atoms with Crippen molar-refractivity contribution < 1.29 is 13.2 Å². The van der Waals surface area contributed by atoms with Gasteiger partial charge in [-0.05, 0) is 32.2 Å². The van der Waals surface area contributed by atoms with E-state index in [2.05, 4.69) is 12.2 Å². The van der Waals surface area contributed by atoms with Gasteiger partial charge in [-0.15, -0.1) is 0 Å². The number of hydrogen-bond acceptors (Lipinski definition) is 4. The largest absolute Gasteiger partial charge is 0.377 e. The maximum absolute atomic E-state index is 11.6. The van der Waals surface area contributed by atoms with Crippen LogP contribution in [0.1, 0.15) is 58.8 Å². The highest BCUT2D eigenvalue weighted by Crippen LogP contribution is 2.35. The summed E-state index contributed by atoms with van der Waals surface area (Å²) in [7, 11) is -1.05. The number of methoxy groups -OCH3 is 1. The molecule has 1 atom stereocenters. The SMILES string of the molecule is CCNC(CCCS(=O)(=O)CC)C1(OC)CCCCC1. The number of ether oxygens (including phenoxy) is 1. The van der Waals surface area contributed by atoms with Crippen molar-refractivity contribution in [2.75, 3.05) is 25.2 Å². The Morgan fingerprint density at radius 3 is 2.35 bits per heavy atom. The molecule has 1 saturated carbocycles. The molecule has 0 radical (unpaired) electrons. The average molecular weight is 305 g/mol. The minimum absolute atomic E-state index is 0.0930. The smallest absolute Gasteiger partial charge is 0.150 e. The first-order valence-electron chi connectivity index (χ1n) is 7.98. The Hall–Kier alpha value is -0.130. The van der Waals surface area contributed by atoms with Crippen LogP contribution in [-0.4, -0.2) is 45.2 Å². The highest BCUT2D eigenvalue weighted by Gasteiger charge is 2.39. The molecule has 0 heterocycles. The van der Waals surface area contributed by atoms with Crippen LogP contribution in [0, 0.1) is 0 Å². The van der Waals surface area contributed by atoms with Gasteiger partial charge in [-0.25, -0.2) is 8.42 Å². The number of hydrogen-bond donors (Lipinski definition) is 1. The Balaban J connectivity index is 2.62. The Bertz CT molecular complexity index is 361. The van der Waals surface area contributed by atoms with E-state index in [-0.39, 0.29) is 17.4 Å². The molecule has 0 aliphatic heterocycles. The fourth-order valence-corrected chi connectivity index (χ4v) is 4.19. The normalized spacial score (nSPS) is 20.8. The Labute approximate surface area is 124 Å². The lowest BCUT2D eigenvalue weighted by molar-refractivity contribution is -0.0690. The summed E-state index contributed by atoms with van der Waals surface area (Å²) in [6.45, 7) is 4.72. The Kier molecular flexibility index (Phi) is 7.48. The van der Waals surface area contributed by atoms with Gasteiger partial charge in [0.1, 0.15) is 9.84 Å². The van der Waals surface area contributed by atoms with Crippen molar-refractivity contribution in [2.45, 2.75) is 70.4 Å². The third-order valence-electron chi connectivity index (χ3n) is 4.58. The lowest BCUT2D eigenvalue weighted by Crippen LogP contribution is -2.53. The second kappa shape index (κ2) is 8.35. The van der Waals surface area contributed by atoms with E-state index in [4.69, 9.17) is 4.74 Å². The lowest BCUT2D eigenvalue weighted by Gasteiger charge is -2.43. The topological polar surface area (TPSA) is 55.4 Å². The monoisotopic (exact) mass is 305 g/mol. The molecule has 1 N–H and O–H groups in total. The zero-order valence-corrected chi connectivity index (χ0v) is 14.1. The van der Waals surface area contributed by atoms with E-state index >= 15 is 0 Å². The van der Waals surface area contributed by atoms with Gasteiger partial charge in [0.25, 0.3) is 0 Å². The molecule has 0 spiro atoms. The van der Waals surface area contributed by atoms with E-state index in [0.717, 1.165) is 32.2 Å². The van der Waals surface area contributed by atoms with E-state index < -0.39 is 9.84 Å². The second-order valence-electron chi connectivity index (χ2n) is 5.82. The first-order valence-corrected chi connectivity index (χ1v) is 9.80. The van der Waals surface area contributed by atoms with Gasteiger partial charge in [0.15, 0.2) is 0 Å². The Morgan fingerprint density at radius 2 is 1.85 bits per heavy atom. The van der Waals surface area contributed by atoms with Crippen LogP contribution in [0.2, 0.25) is 0 Å². The maximum Gasteiger partial charge on any atom is 0.150 e. The zero-order chi connectivity index (χ0) is 15.1. The second-order valence-corrected chi connectivity index (χ2v) is 8.29. The molecular weight excluding hydrogens is 274 g/mol. The van der Waals surface area contributed by atoms with Crippen LogP contribution in [0.25, 0.3) is 0 Å². The summed E-state index contributed by atoms with van der Waals surface area (Å²) in [5, 5.41) is 3.53. The summed E-state index contributed by atoms with van der Waals surface area (Å²) in [6.07, 6.45) is 7.48. The molecule has 1 fully saturated rings. The molecule has 120 valence electrons. The molecule has 20 heavy (non-hydrogen) atoms. The molecule has 0 aromatic carbocycles. The number of likely N-dealkylation sites (N-methyl/N-ethyl adjacent to an activating group) is 1. The first kappa shape index (κ1) is 17.9. The van der Waals surface area contributed by atoms with Crippen molar-refractivity contribution in [1.82, 2.24) is 5.32 Å². The van der Waals surface area contributed by atoms with Crippen LogP contribution in [0.5, 0.6) is 0 Å². The van der Waals surface area contributed by atoms with Gasteiger partial charge in [0.05, 0.1) is 11.4 Å². The van der Waals surface area contributed by atoms with E-state index in [1.807, 2.05) is 0 Å². The molecule has 0 bridgehead atoms. The van der Waals surface area contributed by atoms with Gasteiger partial charge in [0.2, 0.25) is 0 Å². The predicted molar refractivity (Wildman–Crippen MR) is 83.9 cm³/mol. The van der Waals surface area contributed by atoms with Crippen LogP contribution in [0.15, 0.2) is 0 Å². The van der Waals surface area contributed by atoms with E-state index in [1.54, 1.807) is 14.0 Å². The van der Waals surface area contributed by atoms with Crippen LogP contribution in [0.4, 0.5) is 0 Å². The van der Waals surface area contributed by atoms with E-state index in [0.29, 0.717) is 5.75 Å². The third kappa shape index (κ3) is 5.01. The highest BCUT2D eigenvalue weighted by molar-refractivity contribution is 7.91. The molecule has 4 nitrogen and oxygen atoms in total. The summed E-state index contributed by atoms with van der Waals surface area (Å²) in [5.41, 5.74) is -0.0930. The minimum Gasteiger partial charge on any atom is -0.377 e. The molecule has 0 amide bonds. The van der Waals surface area contributed by atoms with Gasteiger partial charge in [0, 0.05) is 18.9 Å².